The molecule has 0 saturated carbocycles. The maximum absolute atomic E-state index is 2.35. The SMILES string of the molecule is Cp1c(-c2ccccc2)ccc1-c1ccccc1. The van der Waals surface area contributed by atoms with Crippen LogP contribution in [0.25, 0.3) is 21.7 Å². The van der Waals surface area contributed by atoms with Crippen LogP contribution in [-0.4, -0.2) is 0 Å². The van der Waals surface area contributed by atoms with Gasteiger partial charge in [0.05, 0.1) is 0 Å². The van der Waals surface area contributed by atoms with E-state index >= 15 is 0 Å². The van der Waals surface area contributed by atoms with Gasteiger partial charge in [-0.05, 0) is 29.9 Å². The van der Waals surface area contributed by atoms with Gasteiger partial charge in [0.25, 0.3) is 0 Å². The molecule has 1 aromatic heterocycles. The van der Waals surface area contributed by atoms with Crippen molar-refractivity contribution >= 4 is 7.53 Å². The fraction of sp³-hybridized carbons (Fsp3) is 0.0588. The summed E-state index contributed by atoms with van der Waals surface area (Å²) in [5.74, 6) is 0. The van der Waals surface area contributed by atoms with Crippen molar-refractivity contribution in [3.8, 4) is 21.7 Å². The van der Waals surface area contributed by atoms with Crippen LogP contribution in [0, 0.1) is 0 Å². The monoisotopic (exact) mass is 250 g/mol. The Balaban J connectivity index is 2.09. The fourth-order valence-corrected chi connectivity index (χ4v) is 4.24. The molecule has 0 radical (unpaired) electrons. The topological polar surface area (TPSA) is 0 Å². The minimum Gasteiger partial charge on any atom is -0.112 e. The fourth-order valence-electron chi connectivity index (χ4n) is 2.31. The van der Waals surface area contributed by atoms with Gasteiger partial charge in [-0.15, -0.1) is 7.53 Å². The van der Waals surface area contributed by atoms with E-state index in [2.05, 4.69) is 79.5 Å². The molecule has 0 amide bonds. The first-order valence-electron chi connectivity index (χ1n) is 6.13. The van der Waals surface area contributed by atoms with Crippen molar-refractivity contribution in [2.24, 2.45) is 6.66 Å². The van der Waals surface area contributed by atoms with Gasteiger partial charge in [-0.2, -0.15) is 0 Å². The Labute approximate surface area is 109 Å². The van der Waals surface area contributed by atoms with E-state index in [0.717, 1.165) is 0 Å². The van der Waals surface area contributed by atoms with Crippen molar-refractivity contribution in [1.29, 1.82) is 0 Å². The zero-order valence-electron chi connectivity index (χ0n) is 10.4. The molecule has 0 unspecified atom stereocenters. The summed E-state index contributed by atoms with van der Waals surface area (Å²) in [5, 5.41) is 2.95. The first kappa shape index (κ1) is 11.3. The summed E-state index contributed by atoms with van der Waals surface area (Å²) in [6.07, 6.45) is 0. The molecular weight excluding hydrogens is 235 g/mol. The third-order valence-electron chi connectivity index (χ3n) is 3.26. The van der Waals surface area contributed by atoms with E-state index in [-0.39, 0.29) is 7.53 Å². The Kier molecular flexibility index (Phi) is 3.04. The molecule has 3 aromatic rings. The molecule has 0 aliphatic carbocycles. The van der Waals surface area contributed by atoms with Gasteiger partial charge in [0.1, 0.15) is 0 Å². The highest BCUT2D eigenvalue weighted by atomic mass is 31.1. The van der Waals surface area contributed by atoms with Gasteiger partial charge in [0.2, 0.25) is 0 Å². The van der Waals surface area contributed by atoms with Crippen molar-refractivity contribution in [1.82, 2.24) is 0 Å². The number of benzene rings is 2. The molecular formula is C17H15P. The highest BCUT2D eigenvalue weighted by molar-refractivity contribution is 7.54. The smallest absolute Gasteiger partial charge is 0.00151 e. The maximum Gasteiger partial charge on any atom is 0.00151 e. The highest BCUT2D eigenvalue weighted by Gasteiger charge is 2.08. The van der Waals surface area contributed by atoms with Gasteiger partial charge in [0.15, 0.2) is 0 Å². The van der Waals surface area contributed by atoms with E-state index in [1.54, 1.807) is 0 Å². The minimum atomic E-state index is -0.222. The van der Waals surface area contributed by atoms with Crippen molar-refractivity contribution in [3.05, 3.63) is 72.8 Å². The molecule has 1 heterocycles. The zero-order valence-corrected chi connectivity index (χ0v) is 11.3. The van der Waals surface area contributed by atoms with E-state index in [4.69, 9.17) is 0 Å². The summed E-state index contributed by atoms with van der Waals surface area (Å²) in [6, 6.07) is 26.0. The van der Waals surface area contributed by atoms with Gasteiger partial charge >= 0.3 is 0 Å². The van der Waals surface area contributed by atoms with Crippen LogP contribution in [0.4, 0.5) is 0 Å². The van der Waals surface area contributed by atoms with Crippen molar-refractivity contribution in [3.63, 3.8) is 0 Å². The minimum absolute atomic E-state index is 0.222. The van der Waals surface area contributed by atoms with Crippen LogP contribution in [0.3, 0.4) is 0 Å². The lowest BCUT2D eigenvalue weighted by Gasteiger charge is -2.04. The third kappa shape index (κ3) is 2.00. The predicted octanol–water partition coefficient (Wildman–Crippen LogP) is 5.54. The summed E-state index contributed by atoms with van der Waals surface area (Å²) in [5.41, 5.74) is 2.71. The van der Waals surface area contributed by atoms with Crippen LogP contribution in [0.1, 0.15) is 0 Å². The lowest BCUT2D eigenvalue weighted by atomic mass is 10.2. The molecule has 0 saturated heterocycles. The average Bonchev–Trinajstić information content (AvgIpc) is 2.83. The molecule has 0 N–H and O–H groups in total. The normalized spacial score (nSPS) is 10.5. The molecule has 0 fully saturated rings. The lowest BCUT2D eigenvalue weighted by molar-refractivity contribution is 1.69. The van der Waals surface area contributed by atoms with Crippen LogP contribution < -0.4 is 0 Å². The molecule has 88 valence electrons. The molecule has 1 heteroatoms. The second kappa shape index (κ2) is 4.84. The molecule has 0 nitrogen and oxygen atoms in total. The molecule has 0 aliphatic rings. The van der Waals surface area contributed by atoms with Crippen LogP contribution >= 0.6 is 7.53 Å². The summed E-state index contributed by atoms with van der Waals surface area (Å²) in [7, 11) is -0.222. The third-order valence-corrected chi connectivity index (χ3v) is 5.52. The summed E-state index contributed by atoms with van der Waals surface area (Å²) in [4.78, 5) is 0. The molecule has 3 rings (SSSR count). The summed E-state index contributed by atoms with van der Waals surface area (Å²) in [6.45, 7) is 2.35. The second-order valence-electron chi connectivity index (χ2n) is 4.39. The van der Waals surface area contributed by atoms with Crippen LogP contribution in [0.2, 0.25) is 0 Å². The molecule has 0 atom stereocenters. The van der Waals surface area contributed by atoms with E-state index in [1.165, 1.54) is 21.7 Å². The molecule has 2 aromatic carbocycles. The Hall–Kier alpha value is -1.78. The first-order valence-corrected chi connectivity index (χ1v) is 7.92. The molecule has 0 aliphatic heterocycles. The largest absolute Gasteiger partial charge is 0.112 e. The van der Waals surface area contributed by atoms with Crippen molar-refractivity contribution in [2.45, 2.75) is 0 Å². The van der Waals surface area contributed by atoms with Crippen molar-refractivity contribution in [2.75, 3.05) is 0 Å². The Morgan fingerprint density at radius 1 is 0.556 bits per heavy atom. The Bertz CT molecular complexity index is 579. The van der Waals surface area contributed by atoms with Gasteiger partial charge < -0.3 is 0 Å². The van der Waals surface area contributed by atoms with Crippen LogP contribution in [0.15, 0.2) is 72.8 Å². The van der Waals surface area contributed by atoms with Gasteiger partial charge in [-0.1, -0.05) is 60.7 Å². The summed E-state index contributed by atoms with van der Waals surface area (Å²) < 4.78 is 0. The summed E-state index contributed by atoms with van der Waals surface area (Å²) >= 11 is 0. The van der Waals surface area contributed by atoms with Crippen molar-refractivity contribution < 1.29 is 0 Å². The molecule has 0 spiro atoms. The highest BCUT2D eigenvalue weighted by Crippen LogP contribution is 2.48. The van der Waals surface area contributed by atoms with Gasteiger partial charge in [-0.3, -0.25) is 0 Å². The average molecular weight is 250 g/mol. The van der Waals surface area contributed by atoms with E-state index in [0.29, 0.717) is 0 Å². The van der Waals surface area contributed by atoms with E-state index in [9.17, 15) is 0 Å². The molecule has 18 heavy (non-hydrogen) atoms. The van der Waals surface area contributed by atoms with Gasteiger partial charge in [-0.25, -0.2) is 0 Å². The second-order valence-corrected chi connectivity index (χ2v) is 6.48. The predicted molar refractivity (Wildman–Crippen MR) is 81.0 cm³/mol. The Morgan fingerprint density at radius 2 is 0.944 bits per heavy atom. The quantitative estimate of drug-likeness (QED) is 0.559. The molecule has 0 bridgehead atoms. The standard InChI is InChI=1S/C17H15P/c1-18-16(14-8-4-2-5-9-14)12-13-17(18)15-10-6-3-7-11-15/h2-13H,1H3. The maximum atomic E-state index is 2.35. The Morgan fingerprint density at radius 3 is 1.33 bits per heavy atom. The van der Waals surface area contributed by atoms with E-state index < -0.39 is 0 Å². The van der Waals surface area contributed by atoms with E-state index in [1.807, 2.05) is 0 Å². The van der Waals surface area contributed by atoms with Gasteiger partial charge in [0, 0.05) is 10.6 Å². The van der Waals surface area contributed by atoms with Crippen LogP contribution in [-0.2, 0) is 6.66 Å². The van der Waals surface area contributed by atoms with Crippen LogP contribution in [0.5, 0.6) is 0 Å². The number of rotatable bonds is 2. The lowest BCUT2D eigenvalue weighted by Crippen LogP contribution is -1.71. The first-order chi connectivity index (χ1) is 8.86. The number of hydrogen-bond donors (Lipinski definition) is 0. The zero-order chi connectivity index (χ0) is 12.4. The number of hydrogen-bond acceptors (Lipinski definition) is 0.